The third-order valence-corrected chi connectivity index (χ3v) is 5.97. The van der Waals surface area contributed by atoms with Gasteiger partial charge in [0.05, 0.1) is 6.54 Å². The predicted molar refractivity (Wildman–Crippen MR) is 109 cm³/mol. The molecule has 0 spiro atoms. The molecule has 0 saturated carbocycles. The highest BCUT2D eigenvalue weighted by Crippen LogP contribution is 2.22. The normalized spacial score (nSPS) is 22.3. The van der Waals surface area contributed by atoms with Crippen molar-refractivity contribution in [1.29, 1.82) is 0 Å². The van der Waals surface area contributed by atoms with Gasteiger partial charge in [-0.25, -0.2) is 0 Å². The molecule has 0 radical (unpaired) electrons. The summed E-state index contributed by atoms with van der Waals surface area (Å²) in [5.74, 6) is 0.737. The van der Waals surface area contributed by atoms with Crippen molar-refractivity contribution in [2.45, 2.75) is 19.3 Å². The fourth-order valence-corrected chi connectivity index (χ4v) is 4.52. The Balaban J connectivity index is 1.48. The third kappa shape index (κ3) is 4.47. The molecule has 2 aliphatic heterocycles. The van der Waals surface area contributed by atoms with Crippen LogP contribution in [0, 0.1) is 5.92 Å². The van der Waals surface area contributed by atoms with Crippen molar-refractivity contribution < 1.29 is 4.79 Å². The summed E-state index contributed by atoms with van der Waals surface area (Å²) < 4.78 is 0. The minimum absolute atomic E-state index is 0.299. The molecule has 144 valence electrons. The number of carbonyl (C=O) groups is 1. The Labute approximate surface area is 162 Å². The van der Waals surface area contributed by atoms with Gasteiger partial charge < -0.3 is 9.80 Å². The van der Waals surface area contributed by atoms with E-state index in [4.69, 9.17) is 0 Å². The number of aromatic nitrogens is 1. The summed E-state index contributed by atoms with van der Waals surface area (Å²) >= 11 is 0. The molecule has 0 unspecified atom stereocenters. The summed E-state index contributed by atoms with van der Waals surface area (Å²) in [5, 5.41) is 2.48. The maximum Gasteiger partial charge on any atom is 0.236 e. The van der Waals surface area contributed by atoms with Gasteiger partial charge in [0.15, 0.2) is 0 Å². The van der Waals surface area contributed by atoms with Gasteiger partial charge in [0, 0.05) is 44.0 Å². The van der Waals surface area contributed by atoms with Crippen LogP contribution in [0.25, 0.3) is 10.8 Å². The number of rotatable bonds is 4. The summed E-state index contributed by atoms with van der Waals surface area (Å²) in [5.41, 5.74) is 1.29. The molecule has 1 atom stereocenters. The van der Waals surface area contributed by atoms with Crippen molar-refractivity contribution in [3.8, 4) is 0 Å². The van der Waals surface area contributed by atoms with E-state index in [-0.39, 0.29) is 0 Å². The highest BCUT2D eigenvalue weighted by Gasteiger charge is 2.26. The molecule has 1 amide bonds. The molecular weight excluding hydrogens is 336 g/mol. The highest BCUT2D eigenvalue weighted by atomic mass is 16.2. The van der Waals surface area contributed by atoms with Crippen molar-refractivity contribution in [2.24, 2.45) is 5.92 Å². The number of hydrogen-bond acceptors (Lipinski definition) is 4. The van der Waals surface area contributed by atoms with E-state index in [1.165, 1.54) is 29.2 Å². The van der Waals surface area contributed by atoms with Crippen LogP contribution in [0.3, 0.4) is 0 Å². The van der Waals surface area contributed by atoms with Gasteiger partial charge in [-0.3, -0.25) is 14.7 Å². The van der Waals surface area contributed by atoms with Crippen LogP contribution in [0.5, 0.6) is 0 Å². The first kappa shape index (κ1) is 18.4. The monoisotopic (exact) mass is 366 g/mol. The number of likely N-dealkylation sites (tertiary alicyclic amines) is 1. The lowest BCUT2D eigenvalue weighted by Crippen LogP contribution is -2.42. The van der Waals surface area contributed by atoms with Crippen LogP contribution in [-0.2, 0) is 11.2 Å². The number of hydrogen-bond donors (Lipinski definition) is 0. The van der Waals surface area contributed by atoms with Crippen LogP contribution >= 0.6 is 0 Å². The van der Waals surface area contributed by atoms with Crippen molar-refractivity contribution in [1.82, 2.24) is 19.7 Å². The minimum atomic E-state index is 0.299. The molecule has 0 aliphatic carbocycles. The minimum Gasteiger partial charge on any atom is -0.340 e. The summed E-state index contributed by atoms with van der Waals surface area (Å²) in [7, 11) is 2.17. The maximum atomic E-state index is 12.9. The topological polar surface area (TPSA) is 39.7 Å². The fourth-order valence-electron chi connectivity index (χ4n) is 4.52. The van der Waals surface area contributed by atoms with E-state index >= 15 is 0 Å². The van der Waals surface area contributed by atoms with E-state index < -0.39 is 0 Å². The quantitative estimate of drug-likeness (QED) is 0.832. The zero-order valence-electron chi connectivity index (χ0n) is 16.3. The Morgan fingerprint density at radius 1 is 1.07 bits per heavy atom. The van der Waals surface area contributed by atoms with Crippen LogP contribution in [0.1, 0.15) is 18.4 Å². The van der Waals surface area contributed by atoms with Gasteiger partial charge in [-0.2, -0.15) is 0 Å². The molecule has 1 aromatic heterocycles. The van der Waals surface area contributed by atoms with Gasteiger partial charge in [0.1, 0.15) is 0 Å². The van der Waals surface area contributed by atoms with Crippen molar-refractivity contribution in [3.63, 3.8) is 0 Å². The Hall–Kier alpha value is -1.98. The first-order valence-corrected chi connectivity index (χ1v) is 10.2. The van der Waals surface area contributed by atoms with E-state index in [0.29, 0.717) is 18.4 Å². The second kappa shape index (κ2) is 8.36. The molecule has 2 aromatic rings. The predicted octanol–water partition coefficient (Wildman–Crippen LogP) is 2.26. The summed E-state index contributed by atoms with van der Waals surface area (Å²) in [6, 6.07) is 8.46. The SMILES string of the molecule is CN1CCN(C(=O)CN2CCCC2)C[C@H](Cc2cncc3ccccc23)C1. The number of nitrogens with zero attached hydrogens (tertiary/aromatic N) is 4. The van der Waals surface area contributed by atoms with Gasteiger partial charge in [0.25, 0.3) is 0 Å². The molecule has 0 N–H and O–H groups in total. The van der Waals surface area contributed by atoms with Gasteiger partial charge in [-0.15, -0.1) is 0 Å². The van der Waals surface area contributed by atoms with E-state index in [1.807, 2.05) is 12.4 Å². The Kier molecular flexibility index (Phi) is 5.69. The van der Waals surface area contributed by atoms with Crippen LogP contribution in [0.4, 0.5) is 0 Å². The van der Waals surface area contributed by atoms with E-state index in [0.717, 1.165) is 45.7 Å². The molecular formula is C22H30N4O. The number of pyridine rings is 1. The lowest BCUT2D eigenvalue weighted by atomic mass is 9.96. The smallest absolute Gasteiger partial charge is 0.236 e. The Morgan fingerprint density at radius 3 is 2.74 bits per heavy atom. The molecule has 2 saturated heterocycles. The first-order valence-electron chi connectivity index (χ1n) is 10.2. The van der Waals surface area contributed by atoms with Crippen molar-refractivity contribution in [2.75, 3.05) is 52.9 Å². The van der Waals surface area contributed by atoms with Gasteiger partial charge >= 0.3 is 0 Å². The zero-order valence-corrected chi connectivity index (χ0v) is 16.3. The summed E-state index contributed by atoms with van der Waals surface area (Å²) in [4.78, 5) is 24.1. The molecule has 2 fully saturated rings. The summed E-state index contributed by atoms with van der Waals surface area (Å²) in [6.45, 7) is 6.40. The van der Waals surface area contributed by atoms with Crippen LogP contribution in [0.15, 0.2) is 36.7 Å². The number of amides is 1. The van der Waals surface area contributed by atoms with Crippen molar-refractivity contribution >= 4 is 16.7 Å². The average Bonchev–Trinajstić information content (AvgIpc) is 3.10. The molecule has 3 heterocycles. The second-order valence-electron chi connectivity index (χ2n) is 8.18. The third-order valence-electron chi connectivity index (χ3n) is 5.97. The van der Waals surface area contributed by atoms with Crippen LogP contribution in [0.2, 0.25) is 0 Å². The number of benzene rings is 1. The van der Waals surface area contributed by atoms with Gasteiger partial charge in [-0.1, -0.05) is 24.3 Å². The molecule has 5 nitrogen and oxygen atoms in total. The standard InChI is InChI=1S/C22H30N4O/c1-24-10-11-26(22(27)17-25-8-4-5-9-25)16-18(15-24)12-20-14-23-13-19-6-2-3-7-21(19)20/h2-3,6-7,13-14,18H,4-5,8-12,15-17H2,1H3/t18-/m1/s1. The second-order valence-corrected chi connectivity index (χ2v) is 8.18. The van der Waals surface area contributed by atoms with E-state index in [1.54, 1.807) is 0 Å². The number of carbonyl (C=O) groups excluding carboxylic acids is 1. The zero-order chi connectivity index (χ0) is 18.6. The fraction of sp³-hybridized carbons (Fsp3) is 0.545. The number of likely N-dealkylation sites (N-methyl/N-ethyl adjacent to an activating group) is 1. The van der Waals surface area contributed by atoms with Crippen molar-refractivity contribution in [3.05, 3.63) is 42.2 Å². The lowest BCUT2D eigenvalue weighted by molar-refractivity contribution is -0.132. The molecule has 1 aromatic carbocycles. The van der Waals surface area contributed by atoms with E-state index in [9.17, 15) is 4.79 Å². The van der Waals surface area contributed by atoms with Crippen LogP contribution < -0.4 is 0 Å². The average molecular weight is 367 g/mol. The molecule has 0 bridgehead atoms. The lowest BCUT2D eigenvalue weighted by Gasteiger charge is -2.26. The molecule has 5 heteroatoms. The molecule has 2 aliphatic rings. The Bertz CT molecular complexity index is 781. The van der Waals surface area contributed by atoms with Crippen LogP contribution in [-0.4, -0.2) is 78.5 Å². The maximum absolute atomic E-state index is 12.9. The molecule has 27 heavy (non-hydrogen) atoms. The Morgan fingerprint density at radius 2 is 1.89 bits per heavy atom. The van der Waals surface area contributed by atoms with Gasteiger partial charge in [-0.05, 0) is 56.3 Å². The first-order chi connectivity index (χ1) is 13.2. The summed E-state index contributed by atoms with van der Waals surface area (Å²) in [6.07, 6.45) is 7.36. The molecule has 4 rings (SSSR count). The van der Waals surface area contributed by atoms with E-state index in [2.05, 4.69) is 51.0 Å². The highest BCUT2D eigenvalue weighted by molar-refractivity contribution is 5.84. The largest absolute Gasteiger partial charge is 0.340 e. The number of fused-ring (bicyclic) bond motifs is 1. The van der Waals surface area contributed by atoms with Gasteiger partial charge in [0.2, 0.25) is 5.91 Å².